The molecule has 6 saturated carbocycles. The lowest BCUT2D eigenvalue weighted by Crippen LogP contribution is -2.77. The number of carbonyl (C=O) groups excluding carboxylic acids is 2. The van der Waals surface area contributed by atoms with Crippen LogP contribution in [0.2, 0.25) is 0 Å². The molecule has 90 heavy (non-hydrogen) atoms. The highest BCUT2D eigenvalue weighted by Gasteiger charge is 2.81. The van der Waals surface area contributed by atoms with E-state index < -0.39 is 69.1 Å². The predicted octanol–water partition coefficient (Wildman–Crippen LogP) is 12.2. The summed E-state index contributed by atoms with van der Waals surface area (Å²) < 4.78 is 7.13. The topological polar surface area (TPSA) is 198 Å². The Morgan fingerprint density at radius 2 is 1.57 bits per heavy atom. The Morgan fingerprint density at radius 3 is 2.36 bits per heavy atom. The minimum atomic E-state index is -0.982. The van der Waals surface area contributed by atoms with Crippen LogP contribution >= 0.6 is 0 Å². The molecule has 2 heterocycles. The average molecular weight is 1220 g/mol. The number of hydrogen-bond donors (Lipinski definition) is 8. The number of fused-ring (bicyclic) bond motifs is 10. The highest BCUT2D eigenvalue weighted by Crippen LogP contribution is 2.83. The van der Waals surface area contributed by atoms with Gasteiger partial charge in [-0.3, -0.25) is 9.59 Å². The SMILES string of the molecule is CNCc1cc(O)cc([C@H]2C(=O)[C@]34CC=C[C@@H]2[C@@]2(C5CCCC5)[C@H]5CCC6=C7C(=O)C[C@]6(C)[C@]5(C[C@@H](NC[C@@](C)(O)CCCC3)[C@@H]42)[C@@H]2C[C@@H](C=C[C@H]2O)[C@@H]2[C@H]3[C@H](C=C[C@H]([C@@H](O)[C@H]4O[C@]4(C)[C@H]4CCC[C@H]4c4cc(N)cc(CC(C)C)c4)[C@H]73)[C@H]3C[C@@H]2C=C[C@H]3O)c1. The summed E-state index contributed by atoms with van der Waals surface area (Å²) in [7, 11) is 1.93. The van der Waals surface area contributed by atoms with E-state index >= 15 is 9.59 Å². The molecule has 13 aliphatic carbocycles. The van der Waals surface area contributed by atoms with E-state index in [0.29, 0.717) is 50.5 Å². The maximum Gasteiger partial charge on any atom is 0.160 e. The maximum atomic E-state index is 16.9. The van der Waals surface area contributed by atoms with Crippen LogP contribution in [-0.4, -0.2) is 92.4 Å². The molecule has 9 N–H and O–H groups in total. The number of nitrogen functional groups attached to an aromatic ring is 1. The van der Waals surface area contributed by atoms with Gasteiger partial charge in [-0.15, -0.1) is 0 Å². The lowest BCUT2D eigenvalue weighted by molar-refractivity contribution is -0.265. The number of carbonyl (C=O) groups is 2. The summed E-state index contributed by atoms with van der Waals surface area (Å²) in [6.07, 6.45) is 32.2. The van der Waals surface area contributed by atoms with Crippen LogP contribution in [0.15, 0.2) is 96.2 Å². The molecule has 2 aromatic carbocycles. The van der Waals surface area contributed by atoms with E-state index in [4.69, 9.17) is 10.5 Å². The van der Waals surface area contributed by atoms with Gasteiger partial charge in [0.1, 0.15) is 17.6 Å². The van der Waals surface area contributed by atoms with Gasteiger partial charge < -0.3 is 46.6 Å². The number of ketones is 2. The maximum absolute atomic E-state index is 16.9. The van der Waals surface area contributed by atoms with Gasteiger partial charge in [0.15, 0.2) is 5.78 Å². The molecule has 484 valence electrons. The van der Waals surface area contributed by atoms with Crippen molar-refractivity contribution in [2.24, 2.45) is 110 Å². The van der Waals surface area contributed by atoms with Gasteiger partial charge >= 0.3 is 0 Å². The molecule has 10 bridgehead atoms. The Labute approximate surface area is 535 Å². The number of ether oxygens (including phenoxy) is 1. The lowest BCUT2D eigenvalue weighted by Gasteiger charge is -2.77. The number of phenolic OH excluding ortho intramolecular Hbond substituents is 1. The van der Waals surface area contributed by atoms with Crippen molar-refractivity contribution >= 4 is 17.3 Å². The largest absolute Gasteiger partial charge is 0.508 e. The fraction of sp³-hybridized carbons (Fsp3) is 0.696. The normalized spacial score (nSPS) is 48.3. The summed E-state index contributed by atoms with van der Waals surface area (Å²) in [6.45, 7) is 12.2. The molecule has 0 amide bonds. The number of aromatic hydroxyl groups is 1. The molecule has 2 spiro atoms. The second-order valence-electron chi connectivity index (χ2n) is 33.9. The molecule has 11 nitrogen and oxygen atoms in total. The Balaban J connectivity index is 0.896. The number of epoxide rings is 1. The standard InChI is InChI=1S/C79H105N3O8/c1-42(2)29-43-30-47(34-50(80)32-43)52-15-11-16-56(52)76(5)73(90-76)70(87)54-21-20-53-55-36-45(18-23-61(55)84)65-46-19-24-62(85)59(37-46)78-38-60-71-77(27-10-9-26-74(3,89)41-82-60)28-12-17-58(66(72(77)88)48-31-44(40-81-6)33-51(83)35-48)79(71,49-13-7-8-14-49)64(78)25-22-57-69(68(54)67(53)65)63(86)39-75(57,78)4/h12,17-21,23-24,30-35,42,45-46,49,52-56,58-62,64-68,70-71,73,81-85,87,89H,7-11,13-16,22,25-29,36-41,80H2,1-6H3/t45-,46+,52-,53+,54-,55+,56-,58-,59+,60+,61+,62+,64-,65+,66+,67+,68-,70+,71-,73+,74-,75-,76+,77-,78+,79-/m0/s1. The molecular formula is C79H105N3O8. The van der Waals surface area contributed by atoms with Gasteiger partial charge in [0.2, 0.25) is 0 Å². The highest BCUT2D eigenvalue weighted by molar-refractivity contribution is 6.01. The molecule has 0 unspecified atom stereocenters. The van der Waals surface area contributed by atoms with Crippen molar-refractivity contribution in [3.63, 3.8) is 0 Å². The minimum Gasteiger partial charge on any atom is -0.508 e. The Kier molecular flexibility index (Phi) is 14.6. The van der Waals surface area contributed by atoms with E-state index in [-0.39, 0.29) is 100 Å². The summed E-state index contributed by atoms with van der Waals surface area (Å²) in [5.41, 5.74) is 10.0. The van der Waals surface area contributed by atoms with E-state index in [0.717, 1.165) is 119 Å². The smallest absolute Gasteiger partial charge is 0.160 e. The summed E-state index contributed by atoms with van der Waals surface area (Å²) in [5, 5.41) is 71.5. The van der Waals surface area contributed by atoms with Crippen LogP contribution in [-0.2, 0) is 27.3 Å². The molecular weight excluding hydrogens is 1120 g/mol. The fourth-order valence-corrected chi connectivity index (χ4v) is 26.5. The number of β-amino-alcohol motifs (C(OH)–C–C–N with tert-alkyl or cyclic N) is 1. The first-order valence-electron chi connectivity index (χ1n) is 36.2. The Bertz CT molecular complexity index is 3370. The third-order valence-corrected chi connectivity index (χ3v) is 29.2. The van der Waals surface area contributed by atoms with E-state index in [2.05, 4.69) is 111 Å². The number of allylic oxidation sites excluding steroid dienone is 7. The van der Waals surface area contributed by atoms with Crippen LogP contribution in [0.1, 0.15) is 184 Å². The zero-order valence-electron chi connectivity index (χ0n) is 54.7. The van der Waals surface area contributed by atoms with Crippen molar-refractivity contribution in [2.75, 3.05) is 19.3 Å². The summed E-state index contributed by atoms with van der Waals surface area (Å²) in [5.74, 6) is 0.343. The Hall–Kier alpha value is -4.20. The molecule has 11 heteroatoms. The van der Waals surface area contributed by atoms with Crippen molar-refractivity contribution in [2.45, 2.75) is 217 Å². The van der Waals surface area contributed by atoms with Crippen LogP contribution in [0.4, 0.5) is 5.69 Å². The first-order valence-corrected chi connectivity index (χ1v) is 36.2. The van der Waals surface area contributed by atoms with Crippen LogP contribution < -0.4 is 16.4 Å². The Morgan fingerprint density at radius 1 is 0.800 bits per heavy atom. The van der Waals surface area contributed by atoms with Gasteiger partial charge in [-0.2, -0.15) is 0 Å². The predicted molar refractivity (Wildman–Crippen MR) is 350 cm³/mol. The van der Waals surface area contributed by atoms with Gasteiger partial charge in [0.05, 0.1) is 35.4 Å². The third-order valence-electron chi connectivity index (χ3n) is 29.2. The molecule has 0 radical (unpaired) electrons. The number of aliphatic hydroxyl groups is 4. The van der Waals surface area contributed by atoms with Gasteiger partial charge in [-0.05, 0) is 256 Å². The number of phenols is 1. The molecule has 0 aromatic heterocycles. The number of Topliss-reactive ketones (excluding diaryl/α,β-unsaturated/α-hetero) is 2. The van der Waals surface area contributed by atoms with Crippen molar-refractivity contribution in [3.05, 3.63) is 118 Å². The van der Waals surface area contributed by atoms with Gasteiger partial charge in [0.25, 0.3) is 0 Å². The van der Waals surface area contributed by atoms with Crippen LogP contribution in [0.3, 0.4) is 0 Å². The van der Waals surface area contributed by atoms with Gasteiger partial charge in [0, 0.05) is 48.0 Å². The molecule has 26 atom stereocenters. The fourth-order valence-electron chi connectivity index (χ4n) is 26.5. The van der Waals surface area contributed by atoms with Crippen molar-refractivity contribution in [3.8, 4) is 5.75 Å². The molecule has 8 fully saturated rings. The molecule has 17 rings (SSSR count). The highest BCUT2D eigenvalue weighted by atomic mass is 16.6. The van der Waals surface area contributed by atoms with E-state index in [1.54, 1.807) is 0 Å². The van der Waals surface area contributed by atoms with Gasteiger partial charge in [-0.25, -0.2) is 0 Å². The molecule has 2 saturated heterocycles. The lowest BCUT2D eigenvalue weighted by atomic mass is 9.27. The number of anilines is 1. The number of nitrogens with two attached hydrogens (primary N) is 1. The second-order valence-corrected chi connectivity index (χ2v) is 33.9. The van der Waals surface area contributed by atoms with E-state index in [1.807, 2.05) is 26.1 Å². The zero-order chi connectivity index (χ0) is 62.3. The van der Waals surface area contributed by atoms with Crippen molar-refractivity contribution in [1.29, 1.82) is 0 Å². The minimum absolute atomic E-state index is 0.0153. The van der Waals surface area contributed by atoms with E-state index in [9.17, 15) is 25.5 Å². The van der Waals surface area contributed by atoms with Gasteiger partial charge in [-0.1, -0.05) is 119 Å². The quantitative estimate of drug-likeness (QED) is 0.0640. The molecule has 2 aromatic rings. The first kappa shape index (κ1) is 60.7. The number of nitrogens with one attached hydrogen (secondary N) is 2. The summed E-state index contributed by atoms with van der Waals surface area (Å²) in [6, 6.07) is 12.5. The number of benzene rings is 2. The third kappa shape index (κ3) is 8.64. The first-order chi connectivity index (χ1) is 43.2. The molecule has 2 aliphatic heterocycles. The average Bonchev–Trinajstić information content (AvgIpc) is 1.13. The van der Waals surface area contributed by atoms with Crippen molar-refractivity contribution < 1.29 is 39.9 Å². The van der Waals surface area contributed by atoms with E-state index in [1.165, 1.54) is 16.7 Å². The number of aliphatic hydroxyl groups excluding tert-OH is 3. The zero-order valence-corrected chi connectivity index (χ0v) is 54.7. The van der Waals surface area contributed by atoms with Crippen LogP contribution in [0.5, 0.6) is 5.75 Å². The number of rotatable bonds is 10. The molecule has 15 aliphatic rings. The second kappa shape index (κ2) is 21.7. The summed E-state index contributed by atoms with van der Waals surface area (Å²) in [4.78, 5) is 33.8. The monoisotopic (exact) mass is 1220 g/mol. The number of hydrogen-bond acceptors (Lipinski definition) is 11. The summed E-state index contributed by atoms with van der Waals surface area (Å²) >= 11 is 0. The van der Waals surface area contributed by atoms with Crippen molar-refractivity contribution in [1.82, 2.24) is 10.6 Å². The van der Waals surface area contributed by atoms with Crippen LogP contribution in [0.25, 0.3) is 0 Å². The van der Waals surface area contributed by atoms with Crippen LogP contribution in [0, 0.1) is 110 Å².